The second-order valence-electron chi connectivity index (χ2n) is 3.53. The van der Waals surface area contributed by atoms with Gasteiger partial charge in [-0.3, -0.25) is 0 Å². The summed E-state index contributed by atoms with van der Waals surface area (Å²) in [5.41, 5.74) is 6.79. The second kappa shape index (κ2) is 8.59. The van der Waals surface area contributed by atoms with Crippen LogP contribution in [0.5, 0.6) is 5.75 Å². The van der Waals surface area contributed by atoms with Crippen LogP contribution in [0.1, 0.15) is 20.3 Å². The summed E-state index contributed by atoms with van der Waals surface area (Å²) in [6.45, 7) is 4.88. The lowest BCUT2D eigenvalue weighted by Gasteiger charge is -2.08. The minimum Gasteiger partial charge on any atom is -0.494 e. The highest BCUT2D eigenvalue weighted by molar-refractivity contribution is 8.00. The smallest absolute Gasteiger partial charge is 0.120 e. The predicted octanol–water partition coefficient (Wildman–Crippen LogP) is 3.90. The minimum absolute atomic E-state index is 0.696. The molecule has 96 valence electrons. The Morgan fingerprint density at radius 3 is 2.76 bits per heavy atom. The van der Waals surface area contributed by atoms with Crippen molar-refractivity contribution in [2.45, 2.75) is 25.2 Å². The lowest BCUT2D eigenvalue weighted by atomic mass is 10.3. The Kier molecular flexibility index (Phi) is 7.37. The molecule has 2 nitrogen and oxygen atoms in total. The molecular weight excluding hydrogens is 250 g/mol. The van der Waals surface area contributed by atoms with E-state index < -0.39 is 0 Å². The predicted molar refractivity (Wildman–Crippen MR) is 80.4 cm³/mol. The monoisotopic (exact) mass is 271 g/mol. The molecular formula is C13H21NOS2. The molecule has 0 amide bonds. The molecule has 0 fully saturated rings. The molecule has 0 aliphatic heterocycles. The van der Waals surface area contributed by atoms with Crippen molar-refractivity contribution in [2.75, 3.05) is 29.6 Å². The van der Waals surface area contributed by atoms with Crippen LogP contribution >= 0.6 is 23.5 Å². The highest BCUT2D eigenvalue weighted by Crippen LogP contribution is 2.29. The van der Waals surface area contributed by atoms with Crippen LogP contribution in [0.2, 0.25) is 0 Å². The molecule has 0 atom stereocenters. The molecule has 0 heterocycles. The zero-order valence-corrected chi connectivity index (χ0v) is 12.2. The standard InChI is InChI=1S/C13H21NOS2/c1-3-15-11-6-7-12(14)13(10-11)17-9-5-8-16-4-2/h6-7,10H,3-5,8-9,14H2,1-2H3. The van der Waals surface area contributed by atoms with Crippen molar-refractivity contribution in [1.82, 2.24) is 0 Å². The van der Waals surface area contributed by atoms with E-state index >= 15 is 0 Å². The maximum absolute atomic E-state index is 5.94. The van der Waals surface area contributed by atoms with Gasteiger partial charge in [-0.15, -0.1) is 11.8 Å². The molecule has 1 rings (SSSR count). The van der Waals surface area contributed by atoms with E-state index in [0.29, 0.717) is 6.61 Å². The maximum atomic E-state index is 5.94. The van der Waals surface area contributed by atoms with Crippen molar-refractivity contribution >= 4 is 29.2 Å². The van der Waals surface area contributed by atoms with Crippen LogP contribution in [0.25, 0.3) is 0 Å². The van der Waals surface area contributed by atoms with Crippen LogP contribution < -0.4 is 10.5 Å². The zero-order valence-electron chi connectivity index (χ0n) is 10.6. The van der Waals surface area contributed by atoms with Gasteiger partial charge in [-0.05, 0) is 48.8 Å². The Morgan fingerprint density at radius 2 is 2.06 bits per heavy atom. The quantitative estimate of drug-likeness (QED) is 0.442. The molecule has 0 bridgehead atoms. The van der Waals surface area contributed by atoms with Gasteiger partial charge in [0, 0.05) is 10.6 Å². The minimum atomic E-state index is 0.696. The molecule has 0 saturated heterocycles. The maximum Gasteiger partial charge on any atom is 0.120 e. The van der Waals surface area contributed by atoms with E-state index in [4.69, 9.17) is 10.5 Å². The van der Waals surface area contributed by atoms with Gasteiger partial charge >= 0.3 is 0 Å². The number of ether oxygens (including phenoxy) is 1. The highest BCUT2D eigenvalue weighted by Gasteiger charge is 2.02. The van der Waals surface area contributed by atoms with Crippen LogP contribution in [-0.2, 0) is 0 Å². The topological polar surface area (TPSA) is 35.2 Å². The summed E-state index contributed by atoms with van der Waals surface area (Å²) in [6.07, 6.45) is 1.22. The van der Waals surface area contributed by atoms with Gasteiger partial charge in [0.15, 0.2) is 0 Å². The Balaban J connectivity index is 2.42. The SMILES string of the molecule is CCOc1ccc(N)c(SCCCSCC)c1. The highest BCUT2D eigenvalue weighted by atomic mass is 32.2. The first-order valence-corrected chi connectivity index (χ1v) is 8.14. The molecule has 2 N–H and O–H groups in total. The van der Waals surface area contributed by atoms with Crippen LogP contribution in [-0.4, -0.2) is 23.9 Å². The summed E-state index contributed by atoms with van der Waals surface area (Å²) in [4.78, 5) is 1.14. The first kappa shape index (κ1) is 14.6. The lowest BCUT2D eigenvalue weighted by Crippen LogP contribution is -1.95. The molecule has 1 aromatic carbocycles. The molecule has 4 heteroatoms. The number of hydrogen-bond donors (Lipinski definition) is 1. The number of nitrogen functional groups attached to an aromatic ring is 1. The fraction of sp³-hybridized carbons (Fsp3) is 0.538. The normalized spacial score (nSPS) is 10.5. The summed E-state index contributed by atoms with van der Waals surface area (Å²) in [5.74, 6) is 4.46. The number of anilines is 1. The van der Waals surface area contributed by atoms with Gasteiger partial charge in [-0.25, -0.2) is 0 Å². The number of benzene rings is 1. The average molecular weight is 271 g/mol. The molecule has 0 radical (unpaired) electrons. The Labute approximate surface area is 113 Å². The van der Waals surface area contributed by atoms with Gasteiger partial charge in [-0.2, -0.15) is 11.8 Å². The Bertz CT molecular complexity index is 331. The van der Waals surface area contributed by atoms with Crippen LogP contribution in [0, 0.1) is 0 Å². The summed E-state index contributed by atoms with van der Waals surface area (Å²) in [6, 6.07) is 5.89. The molecule has 17 heavy (non-hydrogen) atoms. The van der Waals surface area contributed by atoms with Crippen molar-refractivity contribution in [1.29, 1.82) is 0 Å². The van der Waals surface area contributed by atoms with Crippen molar-refractivity contribution in [3.05, 3.63) is 18.2 Å². The van der Waals surface area contributed by atoms with Gasteiger partial charge in [0.1, 0.15) is 5.75 Å². The van der Waals surface area contributed by atoms with Crippen molar-refractivity contribution in [2.24, 2.45) is 0 Å². The number of thioether (sulfide) groups is 2. The third kappa shape index (κ3) is 5.59. The molecule has 1 aromatic rings. The first-order chi connectivity index (χ1) is 8.27. The Morgan fingerprint density at radius 1 is 1.24 bits per heavy atom. The van der Waals surface area contributed by atoms with E-state index in [1.54, 1.807) is 0 Å². The third-order valence-corrected chi connectivity index (χ3v) is 4.33. The number of rotatable bonds is 8. The zero-order chi connectivity index (χ0) is 12.5. The molecule has 0 spiro atoms. The van der Waals surface area contributed by atoms with E-state index in [1.807, 2.05) is 48.6 Å². The molecule has 0 unspecified atom stereocenters. The molecule has 0 saturated carbocycles. The van der Waals surface area contributed by atoms with Gasteiger partial charge < -0.3 is 10.5 Å². The average Bonchev–Trinajstić information content (AvgIpc) is 2.33. The lowest BCUT2D eigenvalue weighted by molar-refractivity contribution is 0.339. The van der Waals surface area contributed by atoms with Crippen molar-refractivity contribution < 1.29 is 4.74 Å². The summed E-state index contributed by atoms with van der Waals surface area (Å²) < 4.78 is 5.47. The van der Waals surface area contributed by atoms with Crippen LogP contribution in [0.3, 0.4) is 0 Å². The third-order valence-electron chi connectivity index (χ3n) is 2.19. The largest absolute Gasteiger partial charge is 0.494 e. The van der Waals surface area contributed by atoms with Crippen molar-refractivity contribution in [3.63, 3.8) is 0 Å². The fourth-order valence-corrected chi connectivity index (χ4v) is 3.15. The van der Waals surface area contributed by atoms with Crippen molar-refractivity contribution in [3.8, 4) is 5.75 Å². The fourth-order valence-electron chi connectivity index (χ4n) is 1.38. The Hall–Kier alpha value is -0.480. The first-order valence-electron chi connectivity index (χ1n) is 6.00. The molecule has 0 aliphatic rings. The van der Waals surface area contributed by atoms with Gasteiger partial charge in [-0.1, -0.05) is 6.92 Å². The van der Waals surface area contributed by atoms with E-state index in [1.165, 1.54) is 17.9 Å². The molecule has 0 aromatic heterocycles. The van der Waals surface area contributed by atoms with Gasteiger partial charge in [0.2, 0.25) is 0 Å². The second-order valence-corrected chi connectivity index (χ2v) is 6.06. The van der Waals surface area contributed by atoms with Gasteiger partial charge in [0.25, 0.3) is 0 Å². The molecule has 0 aliphatic carbocycles. The summed E-state index contributed by atoms with van der Waals surface area (Å²) >= 11 is 3.81. The van der Waals surface area contributed by atoms with Crippen LogP contribution in [0.15, 0.2) is 23.1 Å². The number of nitrogens with two attached hydrogens (primary N) is 1. The number of hydrogen-bond acceptors (Lipinski definition) is 4. The summed E-state index contributed by atoms with van der Waals surface area (Å²) in [7, 11) is 0. The van der Waals surface area contributed by atoms with E-state index in [2.05, 4.69) is 6.92 Å². The summed E-state index contributed by atoms with van der Waals surface area (Å²) in [5, 5.41) is 0. The van der Waals surface area contributed by atoms with E-state index in [9.17, 15) is 0 Å². The van der Waals surface area contributed by atoms with Crippen LogP contribution in [0.4, 0.5) is 5.69 Å². The van der Waals surface area contributed by atoms with E-state index in [-0.39, 0.29) is 0 Å². The van der Waals surface area contributed by atoms with E-state index in [0.717, 1.165) is 22.1 Å². The van der Waals surface area contributed by atoms with Gasteiger partial charge in [0.05, 0.1) is 6.61 Å².